The molecule has 0 aliphatic carbocycles. The summed E-state index contributed by atoms with van der Waals surface area (Å²) >= 11 is 12.1. The van der Waals surface area contributed by atoms with E-state index in [1.807, 2.05) is 12.1 Å². The third-order valence-corrected chi connectivity index (χ3v) is 6.05. The number of carbonyl (C=O) groups excluding carboxylic acids is 2. The second-order valence-electron chi connectivity index (χ2n) is 7.40. The molecule has 0 bridgehead atoms. The van der Waals surface area contributed by atoms with Gasteiger partial charge >= 0.3 is 0 Å². The first kappa shape index (κ1) is 20.6. The number of halogens is 2. The van der Waals surface area contributed by atoms with E-state index in [0.717, 1.165) is 5.56 Å². The Bertz CT molecular complexity index is 1120. The molecule has 0 aromatic heterocycles. The molecule has 3 aromatic rings. The summed E-state index contributed by atoms with van der Waals surface area (Å²) in [7, 11) is 0. The van der Waals surface area contributed by atoms with Gasteiger partial charge in [0.05, 0.1) is 18.2 Å². The van der Waals surface area contributed by atoms with Crippen molar-refractivity contribution in [2.24, 2.45) is 5.92 Å². The molecule has 4 rings (SSSR count). The predicted molar refractivity (Wildman–Crippen MR) is 118 cm³/mol. The van der Waals surface area contributed by atoms with Crippen molar-refractivity contribution >= 4 is 40.6 Å². The second kappa shape index (κ2) is 7.88. The Morgan fingerprint density at radius 1 is 1.00 bits per heavy atom. The first-order valence-electron chi connectivity index (χ1n) is 9.50. The highest BCUT2D eigenvalue weighted by Gasteiger charge is 2.55. The average Bonchev–Trinajstić information content (AvgIpc) is 2.97. The number of hydrogen-bond acceptors (Lipinski definition) is 3. The summed E-state index contributed by atoms with van der Waals surface area (Å²) in [5.41, 5.74) is 0.144. The molecule has 0 fully saturated rings. The summed E-state index contributed by atoms with van der Waals surface area (Å²) < 4.78 is 0. The molecule has 0 saturated carbocycles. The Kier molecular flexibility index (Phi) is 5.41. The van der Waals surface area contributed by atoms with Gasteiger partial charge < -0.3 is 10.0 Å². The monoisotopic (exact) mass is 439 g/mol. The van der Waals surface area contributed by atoms with Crippen LogP contribution in [0.2, 0.25) is 10.0 Å². The van der Waals surface area contributed by atoms with Crippen LogP contribution in [0.25, 0.3) is 0 Å². The first-order valence-corrected chi connectivity index (χ1v) is 10.3. The molecule has 1 N–H and O–H groups in total. The number of ketones is 1. The molecule has 6 heteroatoms. The van der Waals surface area contributed by atoms with E-state index in [9.17, 15) is 14.7 Å². The van der Waals surface area contributed by atoms with E-state index >= 15 is 0 Å². The van der Waals surface area contributed by atoms with Gasteiger partial charge in [-0.05, 0) is 35.9 Å². The van der Waals surface area contributed by atoms with Gasteiger partial charge in [0.1, 0.15) is 0 Å². The van der Waals surface area contributed by atoms with E-state index in [2.05, 4.69) is 0 Å². The molecule has 3 aromatic carbocycles. The lowest BCUT2D eigenvalue weighted by atomic mass is 9.79. The van der Waals surface area contributed by atoms with Crippen LogP contribution in [-0.2, 0) is 16.9 Å². The maximum absolute atomic E-state index is 13.5. The lowest BCUT2D eigenvalue weighted by Gasteiger charge is -2.28. The molecule has 30 heavy (non-hydrogen) atoms. The molecule has 0 radical (unpaired) electrons. The van der Waals surface area contributed by atoms with Crippen molar-refractivity contribution in [2.75, 3.05) is 4.90 Å². The molecule has 0 saturated heterocycles. The number of carbonyl (C=O) groups is 2. The van der Waals surface area contributed by atoms with Crippen LogP contribution in [0.1, 0.15) is 28.4 Å². The second-order valence-corrected chi connectivity index (χ2v) is 8.27. The summed E-state index contributed by atoms with van der Waals surface area (Å²) in [6, 6.07) is 20.7. The Hall–Kier alpha value is -2.66. The maximum atomic E-state index is 13.5. The molecule has 152 valence electrons. The van der Waals surface area contributed by atoms with Crippen molar-refractivity contribution in [3.63, 3.8) is 0 Å². The molecule has 1 amide bonds. The highest BCUT2D eigenvalue weighted by Crippen LogP contribution is 2.47. The Morgan fingerprint density at radius 2 is 1.63 bits per heavy atom. The molecular weight excluding hydrogens is 421 g/mol. The van der Waals surface area contributed by atoms with Crippen LogP contribution in [0.4, 0.5) is 5.69 Å². The van der Waals surface area contributed by atoms with Crippen molar-refractivity contribution < 1.29 is 14.7 Å². The van der Waals surface area contributed by atoms with Crippen LogP contribution in [-0.4, -0.2) is 16.8 Å². The fraction of sp³-hybridized carbons (Fsp3) is 0.167. The number of hydrogen-bond donors (Lipinski definition) is 1. The van der Waals surface area contributed by atoms with Crippen LogP contribution in [0.5, 0.6) is 0 Å². The zero-order valence-electron chi connectivity index (χ0n) is 16.2. The standard InChI is InChI=1S/C24H19Cl2NO3/c1-15(22(28)17-5-3-2-4-6-17)24(30)20-13-19(26)11-12-21(20)27(23(24)29)14-16-7-9-18(25)10-8-16/h2-13,15,30H,14H2,1H3. The molecule has 0 spiro atoms. The zero-order valence-corrected chi connectivity index (χ0v) is 17.7. The zero-order chi connectivity index (χ0) is 21.5. The molecular formula is C24H19Cl2NO3. The number of fused-ring (bicyclic) bond motifs is 1. The lowest BCUT2D eigenvalue weighted by molar-refractivity contribution is -0.139. The fourth-order valence-corrected chi connectivity index (χ4v) is 4.17. The van der Waals surface area contributed by atoms with Crippen LogP contribution in [0, 0.1) is 5.92 Å². The minimum atomic E-state index is -2.01. The lowest BCUT2D eigenvalue weighted by Crippen LogP contribution is -2.47. The minimum absolute atomic E-state index is 0.235. The summed E-state index contributed by atoms with van der Waals surface area (Å²) in [5, 5.41) is 12.6. The van der Waals surface area contributed by atoms with Crippen LogP contribution in [0.15, 0.2) is 72.8 Å². The van der Waals surface area contributed by atoms with Gasteiger partial charge in [0.25, 0.3) is 5.91 Å². The predicted octanol–water partition coefficient (Wildman–Crippen LogP) is 5.25. The summed E-state index contributed by atoms with van der Waals surface area (Å²) in [4.78, 5) is 28.1. The smallest absolute Gasteiger partial charge is 0.264 e. The van der Waals surface area contributed by atoms with Gasteiger partial charge in [0.2, 0.25) is 0 Å². The van der Waals surface area contributed by atoms with Crippen molar-refractivity contribution in [3.8, 4) is 0 Å². The Morgan fingerprint density at radius 3 is 2.30 bits per heavy atom. The molecule has 2 unspecified atom stereocenters. The summed E-state index contributed by atoms with van der Waals surface area (Å²) in [6.07, 6.45) is 0. The van der Waals surface area contributed by atoms with Gasteiger partial charge in [-0.1, -0.05) is 72.6 Å². The van der Waals surface area contributed by atoms with Crippen LogP contribution >= 0.6 is 23.2 Å². The summed E-state index contributed by atoms with van der Waals surface area (Å²) in [5.74, 6) is -1.86. The first-order chi connectivity index (χ1) is 14.3. The van der Waals surface area contributed by atoms with Gasteiger partial charge in [0, 0.05) is 21.2 Å². The number of amides is 1. The van der Waals surface area contributed by atoms with Crippen molar-refractivity contribution in [3.05, 3.63) is 99.5 Å². The van der Waals surface area contributed by atoms with E-state index in [1.165, 1.54) is 4.90 Å². The largest absolute Gasteiger partial charge is 0.375 e. The average molecular weight is 440 g/mol. The van der Waals surface area contributed by atoms with Gasteiger partial charge in [-0.3, -0.25) is 9.59 Å². The topological polar surface area (TPSA) is 57.6 Å². The number of nitrogens with zero attached hydrogens (tertiary/aromatic N) is 1. The highest BCUT2D eigenvalue weighted by atomic mass is 35.5. The van der Waals surface area contributed by atoms with Crippen LogP contribution < -0.4 is 4.90 Å². The molecule has 1 aliphatic rings. The third kappa shape index (κ3) is 3.41. The fourth-order valence-electron chi connectivity index (χ4n) is 3.87. The number of Topliss-reactive ketones (excluding diaryl/α,β-unsaturated/α-hetero) is 1. The van der Waals surface area contributed by atoms with Gasteiger partial charge in [-0.15, -0.1) is 0 Å². The van der Waals surface area contributed by atoms with Gasteiger partial charge in [-0.2, -0.15) is 0 Å². The van der Waals surface area contributed by atoms with E-state index in [4.69, 9.17) is 23.2 Å². The van der Waals surface area contributed by atoms with Crippen molar-refractivity contribution in [2.45, 2.75) is 19.1 Å². The molecule has 1 heterocycles. The van der Waals surface area contributed by atoms with E-state index in [1.54, 1.807) is 67.6 Å². The molecule has 1 aliphatic heterocycles. The molecule has 2 atom stereocenters. The van der Waals surface area contributed by atoms with Crippen molar-refractivity contribution in [1.82, 2.24) is 0 Å². The van der Waals surface area contributed by atoms with Gasteiger partial charge in [0.15, 0.2) is 11.4 Å². The van der Waals surface area contributed by atoms with E-state index < -0.39 is 17.4 Å². The SMILES string of the molecule is CC(C(=O)c1ccccc1)C1(O)C(=O)N(Cc2ccc(Cl)cc2)c2ccc(Cl)cc21. The highest BCUT2D eigenvalue weighted by molar-refractivity contribution is 6.31. The maximum Gasteiger partial charge on any atom is 0.264 e. The number of aliphatic hydroxyl groups is 1. The van der Waals surface area contributed by atoms with Gasteiger partial charge in [-0.25, -0.2) is 0 Å². The third-order valence-electron chi connectivity index (χ3n) is 5.56. The number of rotatable bonds is 5. The Balaban J connectivity index is 1.76. The van der Waals surface area contributed by atoms with Crippen LogP contribution in [0.3, 0.4) is 0 Å². The minimum Gasteiger partial charge on any atom is -0.375 e. The van der Waals surface area contributed by atoms with Crippen molar-refractivity contribution in [1.29, 1.82) is 0 Å². The molecule has 4 nitrogen and oxygen atoms in total. The number of anilines is 1. The van der Waals surface area contributed by atoms with E-state index in [0.29, 0.717) is 26.9 Å². The quantitative estimate of drug-likeness (QED) is 0.552. The summed E-state index contributed by atoms with van der Waals surface area (Å²) in [6.45, 7) is 1.81. The normalized spacial score (nSPS) is 18.9. The van der Waals surface area contributed by atoms with E-state index in [-0.39, 0.29) is 12.3 Å². The Labute approximate surface area is 184 Å². The number of benzene rings is 3.